The van der Waals surface area contributed by atoms with Crippen molar-refractivity contribution in [3.63, 3.8) is 0 Å². The van der Waals surface area contributed by atoms with Crippen LogP contribution in [0.3, 0.4) is 0 Å². The largest absolute Gasteiger partial charge is 0.297 e. The third-order valence-corrected chi connectivity index (χ3v) is 8.09. The zero-order chi connectivity index (χ0) is 18.6. The summed E-state index contributed by atoms with van der Waals surface area (Å²) in [6, 6.07) is 0. The van der Waals surface area contributed by atoms with E-state index in [4.69, 9.17) is 0 Å². The van der Waals surface area contributed by atoms with Gasteiger partial charge in [-0.15, -0.1) is 0 Å². The van der Waals surface area contributed by atoms with Crippen LogP contribution < -0.4 is 0 Å². The summed E-state index contributed by atoms with van der Waals surface area (Å²) in [5, 5.41) is 0. The lowest BCUT2D eigenvalue weighted by atomic mass is 9.42. The summed E-state index contributed by atoms with van der Waals surface area (Å²) in [7, 11) is 0. The van der Waals surface area contributed by atoms with Crippen molar-refractivity contribution in [1.82, 2.24) is 0 Å². The van der Waals surface area contributed by atoms with Gasteiger partial charge in [0.15, 0.2) is 11.6 Å². The highest BCUT2D eigenvalue weighted by Crippen LogP contribution is 2.61. The second-order valence-electron chi connectivity index (χ2n) is 9.70. The first-order valence-electron chi connectivity index (χ1n) is 11.7. The van der Waals surface area contributed by atoms with E-state index >= 15 is 0 Å². The van der Waals surface area contributed by atoms with Crippen LogP contribution in [0.1, 0.15) is 117 Å². The van der Waals surface area contributed by atoms with Gasteiger partial charge in [0, 0.05) is 0 Å². The Labute approximate surface area is 160 Å². The third-order valence-electron chi connectivity index (χ3n) is 8.09. The standard InChI is InChI=1S/C24H40O2/c1-3-5-7-9-19-11-15-23(16-12-19)21(25)24(22(23)26)17-13-20(14-18-24)10-8-6-4-2/h19-20H,3-18H2,1-2H3. The molecule has 0 aromatic heterocycles. The number of hydrogen-bond donors (Lipinski definition) is 0. The first-order chi connectivity index (χ1) is 12.6. The molecule has 0 saturated heterocycles. The maximum atomic E-state index is 13.2. The molecule has 2 nitrogen and oxygen atoms in total. The maximum absolute atomic E-state index is 13.2. The minimum atomic E-state index is -0.531. The molecule has 0 amide bonds. The van der Waals surface area contributed by atoms with Gasteiger partial charge in [-0.1, -0.05) is 65.2 Å². The van der Waals surface area contributed by atoms with E-state index in [1.165, 1.54) is 51.4 Å². The van der Waals surface area contributed by atoms with Crippen LogP contribution in [0, 0.1) is 22.7 Å². The van der Waals surface area contributed by atoms with Crippen LogP contribution in [-0.4, -0.2) is 11.6 Å². The molecule has 0 heterocycles. The average Bonchev–Trinajstić information content (AvgIpc) is 2.69. The van der Waals surface area contributed by atoms with Crippen LogP contribution in [0.25, 0.3) is 0 Å². The van der Waals surface area contributed by atoms with Gasteiger partial charge in [-0.2, -0.15) is 0 Å². The Kier molecular flexibility index (Phi) is 6.62. The Bertz CT molecular complexity index is 428. The summed E-state index contributed by atoms with van der Waals surface area (Å²) in [5.41, 5.74) is -1.06. The molecule has 0 radical (unpaired) electrons. The highest BCUT2D eigenvalue weighted by Gasteiger charge is 2.70. The Morgan fingerprint density at radius 1 is 0.654 bits per heavy atom. The molecule has 2 spiro atoms. The van der Waals surface area contributed by atoms with Crippen molar-refractivity contribution in [3.05, 3.63) is 0 Å². The van der Waals surface area contributed by atoms with E-state index in [0.29, 0.717) is 11.6 Å². The molecule has 3 saturated carbocycles. The lowest BCUT2D eigenvalue weighted by molar-refractivity contribution is -0.178. The molecule has 26 heavy (non-hydrogen) atoms. The first kappa shape index (κ1) is 20.1. The number of unbranched alkanes of at least 4 members (excludes halogenated alkanes) is 4. The molecule has 3 aliphatic carbocycles. The van der Waals surface area contributed by atoms with E-state index in [9.17, 15) is 9.59 Å². The number of rotatable bonds is 8. The van der Waals surface area contributed by atoms with Crippen molar-refractivity contribution in [1.29, 1.82) is 0 Å². The van der Waals surface area contributed by atoms with Crippen LogP contribution in [-0.2, 0) is 9.59 Å². The Hall–Kier alpha value is -0.660. The van der Waals surface area contributed by atoms with Crippen molar-refractivity contribution in [3.8, 4) is 0 Å². The van der Waals surface area contributed by atoms with Gasteiger partial charge in [-0.05, 0) is 63.2 Å². The Morgan fingerprint density at radius 2 is 1.00 bits per heavy atom. The predicted octanol–water partition coefficient (Wildman–Crippen LogP) is 6.65. The number of Topliss-reactive ketones (excluding diaryl/α,β-unsaturated/α-hetero) is 2. The molecular weight excluding hydrogens is 320 g/mol. The van der Waals surface area contributed by atoms with E-state index in [1.54, 1.807) is 0 Å². The minimum Gasteiger partial charge on any atom is -0.297 e. The zero-order valence-corrected chi connectivity index (χ0v) is 17.3. The maximum Gasteiger partial charge on any atom is 0.159 e. The Morgan fingerprint density at radius 3 is 1.31 bits per heavy atom. The van der Waals surface area contributed by atoms with Gasteiger partial charge in [0.1, 0.15) is 0 Å². The summed E-state index contributed by atoms with van der Waals surface area (Å²) in [6.45, 7) is 4.50. The molecule has 0 aromatic carbocycles. The summed E-state index contributed by atoms with van der Waals surface area (Å²) in [6.07, 6.45) is 18.3. The quantitative estimate of drug-likeness (QED) is 0.358. The summed E-state index contributed by atoms with van der Waals surface area (Å²) in [4.78, 5) is 26.5. The van der Waals surface area contributed by atoms with Gasteiger partial charge >= 0.3 is 0 Å². The van der Waals surface area contributed by atoms with Crippen molar-refractivity contribution in [2.45, 2.75) is 117 Å². The van der Waals surface area contributed by atoms with Crippen LogP contribution in [0.15, 0.2) is 0 Å². The minimum absolute atomic E-state index is 0.369. The lowest BCUT2D eigenvalue weighted by Crippen LogP contribution is -2.68. The topological polar surface area (TPSA) is 34.1 Å². The van der Waals surface area contributed by atoms with E-state index in [2.05, 4.69) is 13.8 Å². The summed E-state index contributed by atoms with van der Waals surface area (Å²) < 4.78 is 0. The smallest absolute Gasteiger partial charge is 0.159 e. The van der Waals surface area contributed by atoms with Gasteiger partial charge in [-0.3, -0.25) is 9.59 Å². The average molecular weight is 361 g/mol. The van der Waals surface area contributed by atoms with Gasteiger partial charge in [0.2, 0.25) is 0 Å². The van der Waals surface area contributed by atoms with Crippen LogP contribution in [0.2, 0.25) is 0 Å². The molecule has 3 aliphatic rings. The number of carbonyl (C=O) groups is 2. The van der Waals surface area contributed by atoms with Gasteiger partial charge < -0.3 is 0 Å². The molecule has 0 aliphatic heterocycles. The van der Waals surface area contributed by atoms with E-state index in [-0.39, 0.29) is 0 Å². The second kappa shape index (κ2) is 8.57. The molecular formula is C24H40O2. The molecule has 0 N–H and O–H groups in total. The summed E-state index contributed by atoms with van der Waals surface area (Å²) in [5.74, 6) is 2.26. The molecule has 0 bridgehead atoms. The monoisotopic (exact) mass is 360 g/mol. The predicted molar refractivity (Wildman–Crippen MR) is 107 cm³/mol. The number of hydrogen-bond acceptors (Lipinski definition) is 2. The van der Waals surface area contributed by atoms with Gasteiger partial charge in [0.25, 0.3) is 0 Å². The highest BCUT2D eigenvalue weighted by molar-refractivity contribution is 6.30. The molecule has 3 fully saturated rings. The van der Waals surface area contributed by atoms with E-state index < -0.39 is 10.8 Å². The highest BCUT2D eigenvalue weighted by atomic mass is 16.2. The lowest BCUT2D eigenvalue weighted by Gasteiger charge is -2.57. The molecule has 148 valence electrons. The fraction of sp³-hybridized carbons (Fsp3) is 0.917. The number of ketones is 2. The van der Waals surface area contributed by atoms with Gasteiger partial charge in [0.05, 0.1) is 10.8 Å². The van der Waals surface area contributed by atoms with Crippen molar-refractivity contribution in [2.24, 2.45) is 22.7 Å². The van der Waals surface area contributed by atoms with Crippen molar-refractivity contribution >= 4 is 11.6 Å². The summed E-state index contributed by atoms with van der Waals surface area (Å²) >= 11 is 0. The molecule has 0 unspecified atom stereocenters. The SMILES string of the molecule is CCCCCC1CCC2(CC1)C(=O)C1(CCC(CCCCC)CC1)C2=O. The first-order valence-corrected chi connectivity index (χ1v) is 11.7. The Balaban J connectivity index is 1.49. The van der Waals surface area contributed by atoms with E-state index in [0.717, 1.165) is 63.2 Å². The second-order valence-corrected chi connectivity index (χ2v) is 9.70. The molecule has 0 atom stereocenters. The zero-order valence-electron chi connectivity index (χ0n) is 17.3. The molecule has 0 aromatic rings. The fourth-order valence-electron chi connectivity index (χ4n) is 6.25. The van der Waals surface area contributed by atoms with E-state index in [1.807, 2.05) is 0 Å². The third kappa shape index (κ3) is 3.54. The molecule has 2 heteroatoms. The fourth-order valence-corrected chi connectivity index (χ4v) is 6.25. The van der Waals surface area contributed by atoms with Crippen molar-refractivity contribution < 1.29 is 9.59 Å². The van der Waals surface area contributed by atoms with Crippen LogP contribution in [0.4, 0.5) is 0 Å². The molecule has 3 rings (SSSR count). The number of carbonyl (C=O) groups excluding carboxylic acids is 2. The van der Waals surface area contributed by atoms with Crippen molar-refractivity contribution in [2.75, 3.05) is 0 Å². The van der Waals surface area contributed by atoms with Crippen LogP contribution >= 0.6 is 0 Å². The normalized spacial score (nSPS) is 37.3. The van der Waals surface area contributed by atoms with Gasteiger partial charge in [-0.25, -0.2) is 0 Å². The van der Waals surface area contributed by atoms with Crippen LogP contribution in [0.5, 0.6) is 0 Å².